The van der Waals surface area contributed by atoms with Gasteiger partial charge in [-0.05, 0) is 24.7 Å². The SMILES string of the molecule is COCCC(C)CCCC(OC)C(C)C. The Morgan fingerprint density at radius 2 is 1.60 bits per heavy atom. The van der Waals surface area contributed by atoms with Gasteiger partial charge in [-0.3, -0.25) is 0 Å². The van der Waals surface area contributed by atoms with E-state index in [9.17, 15) is 0 Å². The van der Waals surface area contributed by atoms with E-state index in [1.54, 1.807) is 7.11 Å². The number of rotatable bonds is 9. The van der Waals surface area contributed by atoms with Gasteiger partial charge in [0, 0.05) is 20.8 Å². The minimum Gasteiger partial charge on any atom is -0.385 e. The highest BCUT2D eigenvalue weighted by molar-refractivity contribution is 4.63. The van der Waals surface area contributed by atoms with Crippen molar-refractivity contribution in [3.63, 3.8) is 0 Å². The number of hydrogen-bond acceptors (Lipinski definition) is 2. The predicted molar refractivity (Wildman–Crippen MR) is 65.1 cm³/mol. The van der Waals surface area contributed by atoms with E-state index in [0.29, 0.717) is 12.0 Å². The summed E-state index contributed by atoms with van der Waals surface area (Å²) in [5.74, 6) is 1.40. The molecule has 0 fully saturated rings. The predicted octanol–water partition coefficient (Wildman–Crippen LogP) is 3.50. The molecule has 0 N–H and O–H groups in total. The highest BCUT2D eigenvalue weighted by atomic mass is 16.5. The molecule has 2 atom stereocenters. The second-order valence-electron chi connectivity index (χ2n) is 4.84. The van der Waals surface area contributed by atoms with Crippen LogP contribution in [0.2, 0.25) is 0 Å². The molecule has 0 aromatic carbocycles. The van der Waals surface area contributed by atoms with Crippen molar-refractivity contribution < 1.29 is 9.47 Å². The van der Waals surface area contributed by atoms with Gasteiger partial charge < -0.3 is 9.47 Å². The molecule has 2 nitrogen and oxygen atoms in total. The normalized spacial score (nSPS) is 15.6. The van der Waals surface area contributed by atoms with Crippen molar-refractivity contribution in [2.75, 3.05) is 20.8 Å². The van der Waals surface area contributed by atoms with Crippen LogP contribution in [0.3, 0.4) is 0 Å². The van der Waals surface area contributed by atoms with E-state index in [4.69, 9.17) is 9.47 Å². The minimum absolute atomic E-state index is 0.430. The first-order chi connectivity index (χ1) is 7.11. The summed E-state index contributed by atoms with van der Waals surface area (Å²) in [7, 11) is 3.59. The lowest BCUT2D eigenvalue weighted by Gasteiger charge is -2.20. The monoisotopic (exact) mass is 216 g/mol. The van der Waals surface area contributed by atoms with Crippen molar-refractivity contribution in [1.82, 2.24) is 0 Å². The Bertz CT molecular complexity index is 134. The summed E-state index contributed by atoms with van der Waals surface area (Å²) in [6.45, 7) is 7.64. The summed E-state index contributed by atoms with van der Waals surface area (Å²) in [6.07, 6.45) is 5.35. The third-order valence-electron chi connectivity index (χ3n) is 3.05. The Balaban J connectivity index is 3.50. The summed E-state index contributed by atoms with van der Waals surface area (Å²) in [5, 5.41) is 0. The molecule has 0 amide bonds. The highest BCUT2D eigenvalue weighted by Gasteiger charge is 2.12. The van der Waals surface area contributed by atoms with E-state index in [0.717, 1.165) is 12.5 Å². The van der Waals surface area contributed by atoms with E-state index in [-0.39, 0.29) is 0 Å². The molecule has 0 saturated carbocycles. The first-order valence-electron chi connectivity index (χ1n) is 6.13. The molecule has 0 aliphatic rings. The Labute approximate surface area is 95.3 Å². The van der Waals surface area contributed by atoms with Crippen molar-refractivity contribution in [2.45, 2.75) is 52.6 Å². The molecule has 0 radical (unpaired) electrons. The van der Waals surface area contributed by atoms with Crippen LogP contribution in [0.15, 0.2) is 0 Å². The molecule has 2 heteroatoms. The minimum atomic E-state index is 0.430. The zero-order valence-electron chi connectivity index (χ0n) is 11.1. The van der Waals surface area contributed by atoms with E-state index in [1.807, 2.05) is 7.11 Å². The average molecular weight is 216 g/mol. The van der Waals surface area contributed by atoms with Crippen LogP contribution < -0.4 is 0 Å². The van der Waals surface area contributed by atoms with E-state index < -0.39 is 0 Å². The second kappa shape index (κ2) is 9.17. The quantitative estimate of drug-likeness (QED) is 0.587. The van der Waals surface area contributed by atoms with Crippen molar-refractivity contribution >= 4 is 0 Å². The third-order valence-corrected chi connectivity index (χ3v) is 3.05. The van der Waals surface area contributed by atoms with Crippen molar-refractivity contribution in [3.05, 3.63) is 0 Å². The highest BCUT2D eigenvalue weighted by Crippen LogP contribution is 2.17. The van der Waals surface area contributed by atoms with Crippen LogP contribution in [0.25, 0.3) is 0 Å². The molecule has 0 aromatic heterocycles. The third kappa shape index (κ3) is 7.80. The van der Waals surface area contributed by atoms with Crippen molar-refractivity contribution in [2.24, 2.45) is 11.8 Å². The summed E-state index contributed by atoms with van der Waals surface area (Å²) in [5.41, 5.74) is 0. The number of ether oxygens (including phenoxy) is 2. The van der Waals surface area contributed by atoms with Crippen LogP contribution in [0.4, 0.5) is 0 Å². The first kappa shape index (κ1) is 14.9. The molecule has 0 rings (SSSR count). The van der Waals surface area contributed by atoms with Gasteiger partial charge in [-0.2, -0.15) is 0 Å². The molecule has 92 valence electrons. The van der Waals surface area contributed by atoms with Crippen LogP contribution in [-0.2, 0) is 9.47 Å². The van der Waals surface area contributed by atoms with Crippen LogP contribution >= 0.6 is 0 Å². The Morgan fingerprint density at radius 3 is 2.07 bits per heavy atom. The smallest absolute Gasteiger partial charge is 0.0594 e. The van der Waals surface area contributed by atoms with Gasteiger partial charge in [0.1, 0.15) is 0 Å². The second-order valence-corrected chi connectivity index (χ2v) is 4.84. The van der Waals surface area contributed by atoms with Crippen LogP contribution in [0.5, 0.6) is 0 Å². The van der Waals surface area contributed by atoms with Crippen molar-refractivity contribution in [3.8, 4) is 0 Å². The molecule has 0 aliphatic heterocycles. The number of hydrogen-bond donors (Lipinski definition) is 0. The molecule has 0 bridgehead atoms. The van der Waals surface area contributed by atoms with Crippen molar-refractivity contribution in [1.29, 1.82) is 0 Å². The lowest BCUT2D eigenvalue weighted by Crippen LogP contribution is -2.18. The molecule has 0 spiro atoms. The molecule has 0 aliphatic carbocycles. The van der Waals surface area contributed by atoms with Gasteiger partial charge in [-0.1, -0.05) is 33.6 Å². The molecule has 0 heterocycles. The fraction of sp³-hybridized carbons (Fsp3) is 1.00. The zero-order chi connectivity index (χ0) is 11.7. The lowest BCUT2D eigenvalue weighted by molar-refractivity contribution is 0.0548. The van der Waals surface area contributed by atoms with E-state index >= 15 is 0 Å². The molecular formula is C13H28O2. The van der Waals surface area contributed by atoms with Crippen LogP contribution in [0.1, 0.15) is 46.5 Å². The lowest BCUT2D eigenvalue weighted by atomic mass is 9.96. The van der Waals surface area contributed by atoms with Gasteiger partial charge in [0.2, 0.25) is 0 Å². The maximum absolute atomic E-state index is 5.45. The van der Waals surface area contributed by atoms with Gasteiger partial charge in [-0.25, -0.2) is 0 Å². The molecule has 2 unspecified atom stereocenters. The summed E-state index contributed by atoms with van der Waals surface area (Å²) >= 11 is 0. The van der Waals surface area contributed by atoms with Gasteiger partial charge in [0.05, 0.1) is 6.10 Å². The maximum atomic E-state index is 5.45. The Morgan fingerprint density at radius 1 is 0.933 bits per heavy atom. The standard InChI is InChI=1S/C13H28O2/c1-11(2)13(15-5)8-6-7-12(3)9-10-14-4/h11-13H,6-10H2,1-5H3. The molecule has 0 aromatic rings. The van der Waals surface area contributed by atoms with Gasteiger partial charge in [0.15, 0.2) is 0 Å². The van der Waals surface area contributed by atoms with Crippen LogP contribution in [0, 0.1) is 11.8 Å². The van der Waals surface area contributed by atoms with Gasteiger partial charge in [-0.15, -0.1) is 0 Å². The molecular weight excluding hydrogens is 188 g/mol. The summed E-state index contributed by atoms with van der Waals surface area (Å²) in [6, 6.07) is 0. The number of methoxy groups -OCH3 is 2. The fourth-order valence-electron chi connectivity index (χ4n) is 1.85. The molecule has 15 heavy (non-hydrogen) atoms. The van der Waals surface area contributed by atoms with E-state index in [2.05, 4.69) is 20.8 Å². The largest absolute Gasteiger partial charge is 0.385 e. The van der Waals surface area contributed by atoms with Gasteiger partial charge in [0.25, 0.3) is 0 Å². The van der Waals surface area contributed by atoms with E-state index in [1.165, 1.54) is 25.7 Å². The first-order valence-corrected chi connectivity index (χ1v) is 6.13. The van der Waals surface area contributed by atoms with Crippen LogP contribution in [-0.4, -0.2) is 26.9 Å². The Hall–Kier alpha value is -0.0800. The van der Waals surface area contributed by atoms with Gasteiger partial charge >= 0.3 is 0 Å². The zero-order valence-corrected chi connectivity index (χ0v) is 11.1. The summed E-state index contributed by atoms with van der Waals surface area (Å²) < 4.78 is 10.5. The topological polar surface area (TPSA) is 18.5 Å². The molecule has 0 saturated heterocycles. The fourth-order valence-corrected chi connectivity index (χ4v) is 1.85. The average Bonchev–Trinajstić information content (AvgIpc) is 2.20. The maximum Gasteiger partial charge on any atom is 0.0594 e. The Kier molecular flexibility index (Phi) is 9.12. The summed E-state index contributed by atoms with van der Waals surface area (Å²) in [4.78, 5) is 0.